The molecular weight excluding hydrogens is 194 g/mol. The highest BCUT2D eigenvalue weighted by Gasteiger charge is 2.32. The van der Waals surface area contributed by atoms with Crippen LogP contribution in [0.3, 0.4) is 0 Å². The van der Waals surface area contributed by atoms with Crippen LogP contribution in [0.25, 0.3) is 0 Å². The van der Waals surface area contributed by atoms with Gasteiger partial charge in [0.25, 0.3) is 5.91 Å². The molecule has 0 bridgehead atoms. The van der Waals surface area contributed by atoms with Crippen molar-refractivity contribution in [2.24, 2.45) is 0 Å². The van der Waals surface area contributed by atoms with Gasteiger partial charge in [0, 0.05) is 0 Å². The quantitative estimate of drug-likeness (QED) is 0.805. The molecular formula is C11H13NO3. The second-order valence-electron chi connectivity index (χ2n) is 3.52. The predicted molar refractivity (Wildman–Crippen MR) is 55.4 cm³/mol. The highest BCUT2D eigenvalue weighted by molar-refractivity contribution is 5.94. The third-order valence-corrected chi connectivity index (χ3v) is 2.44. The molecule has 0 saturated carbocycles. The lowest BCUT2D eigenvalue weighted by Crippen LogP contribution is -2.22. The zero-order chi connectivity index (χ0) is 10.8. The third-order valence-electron chi connectivity index (χ3n) is 2.44. The number of carbonyl (C=O) groups is 1. The molecule has 1 unspecified atom stereocenters. The molecule has 0 radical (unpaired) electrons. The summed E-state index contributed by atoms with van der Waals surface area (Å²) in [5, 5.41) is 10.8. The molecule has 1 aliphatic heterocycles. The number of rotatable bonds is 2. The SMILES string of the molecule is CCC1CC(=O)N(c2ccccc2O)O1. The van der Waals surface area contributed by atoms with Gasteiger partial charge in [0.1, 0.15) is 11.4 Å². The smallest absolute Gasteiger partial charge is 0.253 e. The van der Waals surface area contributed by atoms with E-state index < -0.39 is 0 Å². The number of phenolic OH excluding ortho intramolecular Hbond substituents is 1. The van der Waals surface area contributed by atoms with Gasteiger partial charge < -0.3 is 5.11 Å². The number of hydrogen-bond acceptors (Lipinski definition) is 3. The maximum absolute atomic E-state index is 11.6. The van der Waals surface area contributed by atoms with Crippen molar-refractivity contribution in [3.05, 3.63) is 24.3 Å². The number of carbonyl (C=O) groups excluding carboxylic acids is 1. The molecule has 1 amide bonds. The summed E-state index contributed by atoms with van der Waals surface area (Å²) in [6.07, 6.45) is 1.10. The largest absolute Gasteiger partial charge is 0.506 e. The molecule has 15 heavy (non-hydrogen) atoms. The summed E-state index contributed by atoms with van der Waals surface area (Å²) in [4.78, 5) is 17.0. The minimum Gasteiger partial charge on any atom is -0.506 e. The average Bonchev–Trinajstić information content (AvgIpc) is 2.60. The van der Waals surface area contributed by atoms with Gasteiger partial charge in [-0.25, -0.2) is 0 Å². The van der Waals surface area contributed by atoms with E-state index in [4.69, 9.17) is 4.84 Å². The Labute approximate surface area is 88.0 Å². The Kier molecular flexibility index (Phi) is 2.60. The van der Waals surface area contributed by atoms with E-state index >= 15 is 0 Å². The first-order valence-corrected chi connectivity index (χ1v) is 5.00. The summed E-state index contributed by atoms with van der Waals surface area (Å²) in [6.45, 7) is 1.96. The molecule has 1 heterocycles. The Hall–Kier alpha value is -1.55. The molecule has 0 aliphatic carbocycles. The fourth-order valence-corrected chi connectivity index (χ4v) is 1.57. The van der Waals surface area contributed by atoms with Gasteiger partial charge in [0.15, 0.2) is 0 Å². The van der Waals surface area contributed by atoms with Crippen LogP contribution in [0.4, 0.5) is 5.69 Å². The second-order valence-corrected chi connectivity index (χ2v) is 3.52. The van der Waals surface area contributed by atoms with Gasteiger partial charge in [-0.2, -0.15) is 5.06 Å². The van der Waals surface area contributed by atoms with Crippen molar-refractivity contribution in [1.82, 2.24) is 0 Å². The highest BCUT2D eigenvalue weighted by atomic mass is 16.7. The molecule has 1 saturated heterocycles. The van der Waals surface area contributed by atoms with Crippen molar-refractivity contribution in [2.45, 2.75) is 25.9 Å². The minimum atomic E-state index is -0.108. The molecule has 0 aromatic heterocycles. The first-order valence-electron chi connectivity index (χ1n) is 5.00. The van der Waals surface area contributed by atoms with Crippen molar-refractivity contribution < 1.29 is 14.7 Å². The van der Waals surface area contributed by atoms with Crippen molar-refractivity contribution in [3.63, 3.8) is 0 Å². The van der Waals surface area contributed by atoms with E-state index in [9.17, 15) is 9.90 Å². The van der Waals surface area contributed by atoms with Crippen molar-refractivity contribution in [1.29, 1.82) is 0 Å². The van der Waals surface area contributed by atoms with Crippen LogP contribution in [0.2, 0.25) is 0 Å². The predicted octanol–water partition coefficient (Wildman–Crippen LogP) is 1.84. The number of aromatic hydroxyl groups is 1. The molecule has 4 heteroatoms. The van der Waals surface area contributed by atoms with Gasteiger partial charge in [0.05, 0.1) is 12.5 Å². The van der Waals surface area contributed by atoms with Gasteiger partial charge in [-0.1, -0.05) is 19.1 Å². The molecule has 4 nitrogen and oxygen atoms in total. The van der Waals surface area contributed by atoms with Gasteiger partial charge >= 0.3 is 0 Å². The van der Waals surface area contributed by atoms with Crippen LogP contribution in [0.1, 0.15) is 19.8 Å². The van der Waals surface area contributed by atoms with Crippen LogP contribution in [0.15, 0.2) is 24.3 Å². The molecule has 80 valence electrons. The van der Waals surface area contributed by atoms with Crippen LogP contribution in [-0.4, -0.2) is 17.1 Å². The number of hydrogen-bond donors (Lipinski definition) is 1. The lowest BCUT2D eigenvalue weighted by Gasteiger charge is -2.16. The maximum atomic E-state index is 11.6. The Bertz CT molecular complexity index is 378. The Morgan fingerprint density at radius 3 is 2.87 bits per heavy atom. The number of para-hydroxylation sites is 2. The van der Waals surface area contributed by atoms with Crippen LogP contribution in [0, 0.1) is 0 Å². The third kappa shape index (κ3) is 1.80. The Balaban J connectivity index is 2.25. The van der Waals surface area contributed by atoms with E-state index in [0.717, 1.165) is 6.42 Å². The molecule has 2 rings (SSSR count). The minimum absolute atomic E-state index is 0.0580. The van der Waals surface area contributed by atoms with E-state index in [1.807, 2.05) is 6.92 Å². The van der Waals surface area contributed by atoms with E-state index in [1.165, 1.54) is 11.1 Å². The summed E-state index contributed by atoms with van der Waals surface area (Å²) in [5.41, 5.74) is 0.415. The molecule has 1 aromatic rings. The van der Waals surface area contributed by atoms with E-state index in [0.29, 0.717) is 12.1 Å². The van der Waals surface area contributed by atoms with Crippen LogP contribution in [0.5, 0.6) is 5.75 Å². The summed E-state index contributed by atoms with van der Waals surface area (Å²) in [6, 6.07) is 6.65. The fraction of sp³-hybridized carbons (Fsp3) is 0.364. The van der Waals surface area contributed by atoms with Crippen LogP contribution >= 0.6 is 0 Å². The van der Waals surface area contributed by atoms with E-state index in [1.54, 1.807) is 18.2 Å². The standard InChI is InChI=1S/C11H13NO3/c1-2-8-7-11(14)12(15-8)9-5-3-4-6-10(9)13/h3-6,8,13H,2,7H2,1H3. The van der Waals surface area contributed by atoms with Crippen molar-refractivity contribution >= 4 is 11.6 Å². The summed E-state index contributed by atoms with van der Waals surface area (Å²) >= 11 is 0. The number of anilines is 1. The van der Waals surface area contributed by atoms with Crippen LogP contribution < -0.4 is 5.06 Å². The number of amides is 1. The van der Waals surface area contributed by atoms with Gasteiger partial charge in [-0.05, 0) is 18.6 Å². The monoisotopic (exact) mass is 207 g/mol. The summed E-state index contributed by atoms with van der Waals surface area (Å²) < 4.78 is 0. The molecule has 1 atom stereocenters. The average molecular weight is 207 g/mol. The Morgan fingerprint density at radius 2 is 2.27 bits per heavy atom. The normalized spacial score (nSPS) is 21.0. The first kappa shape index (κ1) is 9.98. The van der Waals surface area contributed by atoms with Crippen molar-refractivity contribution in [3.8, 4) is 5.75 Å². The van der Waals surface area contributed by atoms with Gasteiger partial charge in [-0.3, -0.25) is 9.63 Å². The number of phenols is 1. The van der Waals surface area contributed by atoms with Gasteiger partial charge in [-0.15, -0.1) is 0 Å². The molecule has 1 aliphatic rings. The summed E-state index contributed by atoms with van der Waals surface area (Å²) in [5.74, 6) is -0.0500. The number of hydroxylamine groups is 1. The van der Waals surface area contributed by atoms with Crippen LogP contribution in [-0.2, 0) is 9.63 Å². The molecule has 1 fully saturated rings. The lowest BCUT2D eigenvalue weighted by molar-refractivity contribution is -0.119. The topological polar surface area (TPSA) is 49.8 Å². The molecule has 1 aromatic carbocycles. The second kappa shape index (κ2) is 3.90. The fourth-order valence-electron chi connectivity index (χ4n) is 1.57. The van der Waals surface area contributed by atoms with Crippen molar-refractivity contribution in [2.75, 3.05) is 5.06 Å². The zero-order valence-electron chi connectivity index (χ0n) is 8.51. The zero-order valence-corrected chi connectivity index (χ0v) is 8.51. The Morgan fingerprint density at radius 1 is 1.53 bits per heavy atom. The first-order chi connectivity index (χ1) is 7.22. The summed E-state index contributed by atoms with van der Waals surface area (Å²) in [7, 11) is 0. The molecule has 1 N–H and O–H groups in total. The van der Waals surface area contributed by atoms with E-state index in [2.05, 4.69) is 0 Å². The number of nitrogens with zero attached hydrogens (tertiary/aromatic N) is 1. The lowest BCUT2D eigenvalue weighted by atomic mass is 10.2. The van der Waals surface area contributed by atoms with Gasteiger partial charge in [0.2, 0.25) is 0 Å². The highest BCUT2D eigenvalue weighted by Crippen LogP contribution is 2.31. The number of benzene rings is 1. The maximum Gasteiger partial charge on any atom is 0.253 e. The molecule has 0 spiro atoms. The van der Waals surface area contributed by atoms with E-state index in [-0.39, 0.29) is 17.8 Å².